The van der Waals surface area contributed by atoms with Gasteiger partial charge in [0.05, 0.1) is 6.04 Å². The minimum absolute atomic E-state index is 0.117. The lowest BCUT2D eigenvalue weighted by molar-refractivity contribution is 0.415. The summed E-state index contributed by atoms with van der Waals surface area (Å²) in [6, 6.07) is 21.4. The second-order valence-corrected chi connectivity index (χ2v) is 5.83. The molecular formula is C18H22N2S. The summed E-state index contributed by atoms with van der Waals surface area (Å²) >= 11 is 5.54. The van der Waals surface area contributed by atoms with E-state index in [1.807, 2.05) is 19.2 Å². The maximum absolute atomic E-state index is 5.54. The fraction of sp³-hybridized carbons (Fsp3) is 0.278. The summed E-state index contributed by atoms with van der Waals surface area (Å²) in [5.74, 6) is 0. The third-order valence-electron chi connectivity index (χ3n) is 3.35. The number of nitrogens with one attached hydrogen (secondary N) is 1. The summed E-state index contributed by atoms with van der Waals surface area (Å²) in [4.78, 5) is 2.12. The lowest BCUT2D eigenvalue weighted by Gasteiger charge is -2.32. The van der Waals surface area contributed by atoms with E-state index in [-0.39, 0.29) is 6.04 Å². The number of rotatable bonds is 4. The number of thiocarbonyl (C=S) groups is 1. The molecule has 0 aromatic heterocycles. The highest BCUT2D eigenvalue weighted by molar-refractivity contribution is 7.80. The van der Waals surface area contributed by atoms with Gasteiger partial charge in [-0.2, -0.15) is 0 Å². The molecule has 0 aliphatic carbocycles. The Morgan fingerprint density at radius 1 is 0.905 bits per heavy atom. The van der Waals surface area contributed by atoms with E-state index in [1.165, 1.54) is 11.1 Å². The van der Waals surface area contributed by atoms with Crippen molar-refractivity contribution in [2.24, 2.45) is 0 Å². The van der Waals surface area contributed by atoms with Gasteiger partial charge in [-0.25, -0.2) is 0 Å². The number of nitrogens with zero attached hydrogens (tertiary/aromatic N) is 1. The van der Waals surface area contributed by atoms with E-state index in [1.54, 1.807) is 0 Å². The van der Waals surface area contributed by atoms with Crippen LogP contribution in [0, 0.1) is 0 Å². The molecule has 2 rings (SSSR count). The van der Waals surface area contributed by atoms with E-state index in [0.29, 0.717) is 6.04 Å². The summed E-state index contributed by atoms with van der Waals surface area (Å²) in [6.45, 7) is 4.19. The molecule has 0 radical (unpaired) electrons. The molecule has 0 spiro atoms. The molecule has 0 atom stereocenters. The third kappa shape index (κ3) is 4.05. The smallest absolute Gasteiger partial charge is 0.169 e. The summed E-state index contributed by atoms with van der Waals surface area (Å²) < 4.78 is 0. The van der Waals surface area contributed by atoms with Gasteiger partial charge in [0.1, 0.15) is 0 Å². The summed E-state index contributed by atoms with van der Waals surface area (Å²) in [7, 11) is 2.04. The molecule has 2 aromatic carbocycles. The van der Waals surface area contributed by atoms with E-state index in [0.717, 1.165) is 5.11 Å². The first-order chi connectivity index (χ1) is 10.1. The normalized spacial score (nSPS) is 10.7. The van der Waals surface area contributed by atoms with Crippen LogP contribution in [0.25, 0.3) is 0 Å². The van der Waals surface area contributed by atoms with Gasteiger partial charge in [-0.05, 0) is 37.2 Å². The zero-order chi connectivity index (χ0) is 15.2. The minimum atomic E-state index is 0.117. The number of hydrogen-bond acceptors (Lipinski definition) is 1. The average Bonchev–Trinajstić information content (AvgIpc) is 2.49. The maximum Gasteiger partial charge on any atom is 0.169 e. The predicted octanol–water partition coefficient (Wildman–Crippen LogP) is 3.99. The molecule has 2 nitrogen and oxygen atoms in total. The third-order valence-corrected chi connectivity index (χ3v) is 3.76. The molecule has 0 unspecified atom stereocenters. The molecule has 0 fully saturated rings. The monoisotopic (exact) mass is 298 g/mol. The van der Waals surface area contributed by atoms with Crippen molar-refractivity contribution in [3.63, 3.8) is 0 Å². The molecule has 21 heavy (non-hydrogen) atoms. The topological polar surface area (TPSA) is 15.3 Å². The van der Waals surface area contributed by atoms with Gasteiger partial charge in [-0.15, -0.1) is 0 Å². The van der Waals surface area contributed by atoms with Gasteiger partial charge >= 0.3 is 0 Å². The minimum Gasteiger partial charge on any atom is -0.360 e. The van der Waals surface area contributed by atoms with Crippen LogP contribution in [0.15, 0.2) is 60.7 Å². The van der Waals surface area contributed by atoms with E-state index >= 15 is 0 Å². The molecule has 110 valence electrons. The molecule has 2 aromatic rings. The Bertz CT molecular complexity index is 527. The van der Waals surface area contributed by atoms with Crippen LogP contribution in [-0.4, -0.2) is 23.1 Å². The van der Waals surface area contributed by atoms with Crippen molar-refractivity contribution < 1.29 is 0 Å². The van der Waals surface area contributed by atoms with E-state index < -0.39 is 0 Å². The Balaban J connectivity index is 2.35. The van der Waals surface area contributed by atoms with Crippen molar-refractivity contribution in [3.8, 4) is 0 Å². The standard InChI is InChI=1S/C18H22N2S/c1-14(2)19-18(21)20(3)17(15-10-6-4-7-11-15)16-12-8-5-9-13-16/h4-14,17H,1-3H3,(H,19,21). The van der Waals surface area contributed by atoms with E-state index in [2.05, 4.69) is 72.6 Å². The van der Waals surface area contributed by atoms with Gasteiger partial charge in [0, 0.05) is 13.1 Å². The van der Waals surface area contributed by atoms with Crippen LogP contribution >= 0.6 is 12.2 Å². The first-order valence-electron chi connectivity index (χ1n) is 7.23. The van der Waals surface area contributed by atoms with Crippen LogP contribution < -0.4 is 5.32 Å². The summed E-state index contributed by atoms with van der Waals surface area (Å²) in [5.41, 5.74) is 2.47. The molecular weight excluding hydrogens is 276 g/mol. The molecule has 0 amide bonds. The SMILES string of the molecule is CC(C)NC(=S)N(C)C(c1ccccc1)c1ccccc1. The summed E-state index contributed by atoms with van der Waals surface area (Å²) in [5, 5.41) is 4.09. The van der Waals surface area contributed by atoms with Crippen LogP contribution in [-0.2, 0) is 0 Å². The highest BCUT2D eigenvalue weighted by atomic mass is 32.1. The second-order valence-electron chi connectivity index (χ2n) is 5.44. The van der Waals surface area contributed by atoms with Gasteiger partial charge in [0.15, 0.2) is 5.11 Å². The first-order valence-corrected chi connectivity index (χ1v) is 7.63. The van der Waals surface area contributed by atoms with Gasteiger partial charge in [-0.3, -0.25) is 0 Å². The van der Waals surface area contributed by atoms with Crippen LogP contribution in [0.4, 0.5) is 0 Å². The van der Waals surface area contributed by atoms with Crippen molar-refractivity contribution in [1.29, 1.82) is 0 Å². The Morgan fingerprint density at radius 2 is 1.33 bits per heavy atom. The fourth-order valence-electron chi connectivity index (χ4n) is 2.38. The van der Waals surface area contributed by atoms with Gasteiger partial charge < -0.3 is 10.2 Å². The maximum atomic E-state index is 5.54. The zero-order valence-electron chi connectivity index (χ0n) is 12.8. The van der Waals surface area contributed by atoms with Crippen molar-refractivity contribution in [2.75, 3.05) is 7.05 Å². The van der Waals surface area contributed by atoms with Crippen LogP contribution in [0.1, 0.15) is 31.0 Å². The molecule has 3 heteroatoms. The van der Waals surface area contributed by atoms with Gasteiger partial charge in [-0.1, -0.05) is 60.7 Å². The lowest BCUT2D eigenvalue weighted by Crippen LogP contribution is -2.42. The number of hydrogen-bond donors (Lipinski definition) is 1. The van der Waals surface area contributed by atoms with Crippen molar-refractivity contribution in [2.45, 2.75) is 25.9 Å². The number of benzene rings is 2. The second kappa shape index (κ2) is 7.23. The van der Waals surface area contributed by atoms with Gasteiger partial charge in [0.2, 0.25) is 0 Å². The Kier molecular flexibility index (Phi) is 5.34. The van der Waals surface area contributed by atoms with Crippen molar-refractivity contribution >= 4 is 17.3 Å². The van der Waals surface area contributed by atoms with Crippen LogP contribution in [0.5, 0.6) is 0 Å². The molecule has 0 saturated carbocycles. The molecule has 0 aliphatic heterocycles. The van der Waals surface area contributed by atoms with Gasteiger partial charge in [0.25, 0.3) is 0 Å². The molecule has 0 saturated heterocycles. The molecule has 0 heterocycles. The Hall–Kier alpha value is -1.87. The largest absolute Gasteiger partial charge is 0.360 e. The van der Waals surface area contributed by atoms with E-state index in [9.17, 15) is 0 Å². The highest BCUT2D eigenvalue weighted by Gasteiger charge is 2.21. The zero-order valence-corrected chi connectivity index (χ0v) is 13.6. The fourth-order valence-corrected chi connectivity index (χ4v) is 2.72. The van der Waals surface area contributed by atoms with Crippen molar-refractivity contribution in [3.05, 3.63) is 71.8 Å². The predicted molar refractivity (Wildman–Crippen MR) is 93.4 cm³/mol. The molecule has 0 aliphatic rings. The van der Waals surface area contributed by atoms with E-state index in [4.69, 9.17) is 12.2 Å². The Labute approximate surface area is 132 Å². The summed E-state index contributed by atoms with van der Waals surface area (Å²) in [6.07, 6.45) is 0. The molecule has 1 N–H and O–H groups in total. The van der Waals surface area contributed by atoms with Crippen molar-refractivity contribution in [1.82, 2.24) is 10.2 Å². The Morgan fingerprint density at radius 3 is 1.71 bits per heavy atom. The average molecular weight is 298 g/mol. The van der Waals surface area contributed by atoms with Crippen LogP contribution in [0.2, 0.25) is 0 Å². The lowest BCUT2D eigenvalue weighted by atomic mass is 9.98. The molecule has 0 bridgehead atoms. The highest BCUT2D eigenvalue weighted by Crippen LogP contribution is 2.27. The first kappa shape index (κ1) is 15.5. The quantitative estimate of drug-likeness (QED) is 0.859. The van der Waals surface area contributed by atoms with Crippen LogP contribution in [0.3, 0.4) is 0 Å².